The first-order chi connectivity index (χ1) is 6.09. The Hall–Kier alpha value is -1.10. The molecule has 0 saturated heterocycles. The van der Waals surface area contributed by atoms with E-state index in [0.717, 1.165) is 6.20 Å². The fraction of sp³-hybridized carbons (Fsp3) is 0.250. The average molecular weight is 200 g/mol. The van der Waals surface area contributed by atoms with Crippen molar-refractivity contribution in [2.24, 2.45) is 0 Å². The topological polar surface area (TPSA) is 42.0 Å². The van der Waals surface area contributed by atoms with E-state index < -0.39 is 11.1 Å². The highest BCUT2D eigenvalue weighted by atomic mass is 32.1. The van der Waals surface area contributed by atoms with Gasteiger partial charge in [-0.15, -0.1) is 0 Å². The molecule has 1 atom stereocenters. The molecule has 1 heterocycles. The predicted molar refractivity (Wildman–Crippen MR) is 51.3 cm³/mol. The number of amides is 1. The number of thiol groups is 1. The van der Waals surface area contributed by atoms with E-state index in [-0.39, 0.29) is 5.91 Å². The van der Waals surface area contributed by atoms with Crippen LogP contribution in [0.3, 0.4) is 0 Å². The van der Waals surface area contributed by atoms with Crippen LogP contribution in [-0.4, -0.2) is 16.1 Å². The van der Waals surface area contributed by atoms with Crippen molar-refractivity contribution in [1.82, 2.24) is 4.98 Å². The molecule has 0 aliphatic carbocycles. The van der Waals surface area contributed by atoms with Crippen molar-refractivity contribution in [2.75, 3.05) is 5.32 Å². The maximum absolute atomic E-state index is 12.4. The van der Waals surface area contributed by atoms with Gasteiger partial charge in [-0.1, -0.05) is 0 Å². The summed E-state index contributed by atoms with van der Waals surface area (Å²) in [5.41, 5.74) is 0. The molecule has 1 aromatic rings. The van der Waals surface area contributed by atoms with Gasteiger partial charge in [0.25, 0.3) is 0 Å². The van der Waals surface area contributed by atoms with Gasteiger partial charge < -0.3 is 5.32 Å². The van der Waals surface area contributed by atoms with Crippen molar-refractivity contribution in [3.63, 3.8) is 0 Å². The molecular weight excluding hydrogens is 191 g/mol. The third kappa shape index (κ3) is 3.02. The number of nitrogens with one attached hydrogen (secondary N) is 1. The number of aromatic nitrogens is 1. The van der Waals surface area contributed by atoms with E-state index in [0.29, 0.717) is 5.82 Å². The molecule has 5 heteroatoms. The molecular formula is C8H9FN2OS. The lowest BCUT2D eigenvalue weighted by atomic mass is 10.4. The fourth-order valence-electron chi connectivity index (χ4n) is 0.680. The molecule has 1 rings (SSSR count). The summed E-state index contributed by atoms with van der Waals surface area (Å²) in [6, 6.07) is 2.62. The maximum Gasteiger partial charge on any atom is 0.238 e. The summed E-state index contributed by atoms with van der Waals surface area (Å²) in [7, 11) is 0. The van der Waals surface area contributed by atoms with E-state index in [1.165, 1.54) is 12.1 Å². The first kappa shape index (κ1) is 9.98. The molecule has 0 bridgehead atoms. The highest BCUT2D eigenvalue weighted by Gasteiger charge is 2.07. The highest BCUT2D eigenvalue weighted by Crippen LogP contribution is 2.05. The van der Waals surface area contributed by atoms with Crippen LogP contribution in [0.1, 0.15) is 6.92 Å². The van der Waals surface area contributed by atoms with Gasteiger partial charge in [-0.05, 0) is 19.1 Å². The Bertz CT molecular complexity index is 300. The van der Waals surface area contributed by atoms with E-state index in [2.05, 4.69) is 22.9 Å². The lowest BCUT2D eigenvalue weighted by molar-refractivity contribution is -0.115. The van der Waals surface area contributed by atoms with Crippen molar-refractivity contribution in [2.45, 2.75) is 12.2 Å². The van der Waals surface area contributed by atoms with Gasteiger partial charge in [-0.2, -0.15) is 12.6 Å². The highest BCUT2D eigenvalue weighted by molar-refractivity contribution is 7.81. The smallest absolute Gasteiger partial charge is 0.238 e. The van der Waals surface area contributed by atoms with Crippen molar-refractivity contribution in [1.29, 1.82) is 0 Å². The Morgan fingerprint density at radius 1 is 1.69 bits per heavy atom. The molecule has 70 valence electrons. The zero-order valence-corrected chi connectivity index (χ0v) is 7.88. The van der Waals surface area contributed by atoms with Gasteiger partial charge in [0.05, 0.1) is 11.4 Å². The van der Waals surface area contributed by atoms with Gasteiger partial charge in [-0.3, -0.25) is 4.79 Å². The van der Waals surface area contributed by atoms with Crippen LogP contribution in [0, 0.1) is 5.82 Å². The van der Waals surface area contributed by atoms with Gasteiger partial charge in [0, 0.05) is 0 Å². The number of anilines is 1. The van der Waals surface area contributed by atoms with Gasteiger partial charge in [0.1, 0.15) is 11.6 Å². The molecule has 13 heavy (non-hydrogen) atoms. The van der Waals surface area contributed by atoms with Gasteiger partial charge >= 0.3 is 0 Å². The predicted octanol–water partition coefficient (Wildman–Crippen LogP) is 1.48. The fourth-order valence-corrected chi connectivity index (χ4v) is 0.745. The summed E-state index contributed by atoms with van der Waals surface area (Å²) in [6.07, 6.45) is 1.04. The number of pyridine rings is 1. The van der Waals surface area contributed by atoms with Crippen LogP contribution in [-0.2, 0) is 4.79 Å². The quantitative estimate of drug-likeness (QED) is 0.710. The van der Waals surface area contributed by atoms with E-state index >= 15 is 0 Å². The molecule has 1 aromatic heterocycles. The Morgan fingerprint density at radius 2 is 2.38 bits per heavy atom. The van der Waals surface area contributed by atoms with Crippen LogP contribution in [0.5, 0.6) is 0 Å². The van der Waals surface area contributed by atoms with Crippen LogP contribution in [0.4, 0.5) is 10.2 Å². The minimum atomic E-state index is -0.433. The monoisotopic (exact) mass is 200 g/mol. The summed E-state index contributed by atoms with van der Waals surface area (Å²) in [5.74, 6) is -0.369. The summed E-state index contributed by atoms with van der Waals surface area (Å²) >= 11 is 3.93. The second-order valence-corrected chi connectivity index (χ2v) is 3.30. The molecule has 1 N–H and O–H groups in total. The minimum Gasteiger partial charge on any atom is -0.310 e. The molecule has 0 fully saturated rings. The summed E-state index contributed by atoms with van der Waals surface area (Å²) in [4.78, 5) is 14.7. The van der Waals surface area contributed by atoms with E-state index in [9.17, 15) is 9.18 Å². The first-order valence-electron chi connectivity index (χ1n) is 3.70. The zero-order valence-electron chi connectivity index (χ0n) is 6.99. The maximum atomic E-state index is 12.4. The van der Waals surface area contributed by atoms with Crippen molar-refractivity contribution in [3.05, 3.63) is 24.1 Å². The van der Waals surface area contributed by atoms with Crippen molar-refractivity contribution < 1.29 is 9.18 Å². The molecule has 1 unspecified atom stereocenters. The standard InChI is InChI=1S/C8H9FN2OS/c1-5(13)8(12)11-7-3-2-6(9)4-10-7/h2-5,13H,1H3,(H,10,11,12). The van der Waals surface area contributed by atoms with Crippen molar-refractivity contribution >= 4 is 24.4 Å². The summed E-state index contributed by atoms with van der Waals surface area (Å²) < 4.78 is 12.4. The number of hydrogen-bond acceptors (Lipinski definition) is 3. The molecule has 0 aliphatic heterocycles. The zero-order chi connectivity index (χ0) is 9.84. The van der Waals surface area contributed by atoms with Crippen molar-refractivity contribution in [3.8, 4) is 0 Å². The van der Waals surface area contributed by atoms with Crippen LogP contribution >= 0.6 is 12.6 Å². The molecule has 1 amide bonds. The third-order valence-corrected chi connectivity index (χ3v) is 1.59. The molecule has 0 spiro atoms. The number of nitrogens with zero attached hydrogens (tertiary/aromatic N) is 1. The number of carbonyl (C=O) groups is 1. The minimum absolute atomic E-state index is 0.262. The summed E-state index contributed by atoms with van der Waals surface area (Å²) in [6.45, 7) is 1.64. The largest absolute Gasteiger partial charge is 0.310 e. The van der Waals surface area contributed by atoms with Crippen LogP contribution < -0.4 is 5.32 Å². The van der Waals surface area contributed by atoms with Gasteiger partial charge in [0.2, 0.25) is 5.91 Å². The number of rotatable bonds is 2. The Labute approximate surface area is 80.8 Å². The average Bonchev–Trinajstić information content (AvgIpc) is 2.08. The van der Waals surface area contributed by atoms with Crippen LogP contribution in [0.25, 0.3) is 0 Å². The van der Waals surface area contributed by atoms with Crippen LogP contribution in [0.2, 0.25) is 0 Å². The Kier molecular flexibility index (Phi) is 3.25. The Morgan fingerprint density at radius 3 is 2.85 bits per heavy atom. The SMILES string of the molecule is CC(S)C(=O)Nc1ccc(F)cn1. The van der Waals surface area contributed by atoms with Gasteiger partial charge in [0.15, 0.2) is 0 Å². The molecule has 0 aromatic carbocycles. The van der Waals surface area contributed by atoms with E-state index in [4.69, 9.17) is 0 Å². The molecule has 3 nitrogen and oxygen atoms in total. The molecule has 0 aliphatic rings. The van der Waals surface area contributed by atoms with Gasteiger partial charge in [-0.25, -0.2) is 9.37 Å². The first-order valence-corrected chi connectivity index (χ1v) is 4.21. The van der Waals surface area contributed by atoms with Crippen LogP contribution in [0.15, 0.2) is 18.3 Å². The lowest BCUT2D eigenvalue weighted by Gasteiger charge is -2.05. The van der Waals surface area contributed by atoms with E-state index in [1.807, 2.05) is 0 Å². The number of carbonyl (C=O) groups excluding carboxylic acids is 1. The molecule has 0 saturated carbocycles. The molecule has 0 radical (unpaired) electrons. The normalized spacial score (nSPS) is 12.2. The number of hydrogen-bond donors (Lipinski definition) is 2. The number of halogens is 1. The Balaban J connectivity index is 2.65. The van der Waals surface area contributed by atoms with E-state index in [1.54, 1.807) is 6.92 Å². The third-order valence-electron chi connectivity index (χ3n) is 1.36. The second-order valence-electron chi connectivity index (χ2n) is 2.53. The second kappa shape index (κ2) is 4.23. The summed E-state index contributed by atoms with van der Waals surface area (Å²) in [5, 5.41) is 2.07. The lowest BCUT2D eigenvalue weighted by Crippen LogP contribution is -2.20.